The van der Waals surface area contributed by atoms with Crippen molar-refractivity contribution in [1.29, 1.82) is 0 Å². The lowest BCUT2D eigenvalue weighted by Crippen LogP contribution is -2.36. The summed E-state index contributed by atoms with van der Waals surface area (Å²) in [5.41, 5.74) is 0.395. The monoisotopic (exact) mass is 333 g/mol. The molecule has 8 nitrogen and oxygen atoms in total. The third-order valence-electron chi connectivity index (χ3n) is 4.52. The number of hydrogen-bond acceptors (Lipinski definition) is 5. The van der Waals surface area contributed by atoms with Crippen LogP contribution in [0.5, 0.6) is 0 Å². The van der Waals surface area contributed by atoms with E-state index in [0.717, 1.165) is 26.2 Å². The van der Waals surface area contributed by atoms with Gasteiger partial charge in [-0.3, -0.25) is 18.8 Å². The first-order chi connectivity index (χ1) is 11.6. The maximum Gasteiger partial charge on any atom is 0.264 e. The summed E-state index contributed by atoms with van der Waals surface area (Å²) in [7, 11) is 1.74. The van der Waals surface area contributed by atoms with Gasteiger partial charge in [-0.1, -0.05) is 0 Å². The predicted molar refractivity (Wildman–Crippen MR) is 88.6 cm³/mol. The van der Waals surface area contributed by atoms with Gasteiger partial charge in [-0.15, -0.1) is 0 Å². The number of amides is 1. The van der Waals surface area contributed by atoms with Crippen molar-refractivity contribution in [2.45, 2.75) is 26.3 Å². The molecule has 0 aromatic carbocycles. The fourth-order valence-corrected chi connectivity index (χ4v) is 3.05. The molecule has 1 aliphatic rings. The van der Waals surface area contributed by atoms with Crippen molar-refractivity contribution in [2.75, 3.05) is 26.3 Å². The van der Waals surface area contributed by atoms with Gasteiger partial charge >= 0.3 is 0 Å². The van der Waals surface area contributed by atoms with Crippen LogP contribution in [-0.4, -0.2) is 56.4 Å². The molecule has 0 unspecified atom stereocenters. The van der Waals surface area contributed by atoms with Crippen LogP contribution in [0.3, 0.4) is 0 Å². The predicted octanol–water partition coefficient (Wildman–Crippen LogP) is 0.405. The summed E-state index contributed by atoms with van der Waals surface area (Å²) in [6.45, 7) is 5.21. The van der Waals surface area contributed by atoms with Crippen molar-refractivity contribution >= 4 is 16.9 Å². The standard InChI is InChI=1S/C16H23N5O3/c1-3-20(9-12-5-7-24-10-12)14(22)4-6-21-11-17-15-13(16(21)23)8-18-19(15)2/h8,11-12H,3-7,9-10H2,1-2H3/t12-/m0/s1. The minimum Gasteiger partial charge on any atom is -0.381 e. The van der Waals surface area contributed by atoms with Crippen LogP contribution in [0, 0.1) is 5.92 Å². The lowest BCUT2D eigenvalue weighted by Gasteiger charge is -2.23. The van der Waals surface area contributed by atoms with Gasteiger partial charge in [0.05, 0.1) is 19.1 Å². The molecule has 1 atom stereocenters. The molecule has 0 saturated carbocycles. The summed E-state index contributed by atoms with van der Waals surface area (Å²) in [5.74, 6) is 0.479. The van der Waals surface area contributed by atoms with Crippen molar-refractivity contribution in [1.82, 2.24) is 24.2 Å². The maximum absolute atomic E-state index is 12.4. The molecule has 0 N–H and O–H groups in total. The number of carbonyl (C=O) groups is 1. The zero-order chi connectivity index (χ0) is 17.1. The SMILES string of the molecule is CCN(C[C@@H]1CCOC1)C(=O)CCn1cnc2c(cnn2C)c1=O. The van der Waals surface area contributed by atoms with E-state index in [4.69, 9.17) is 4.74 Å². The molecular weight excluding hydrogens is 310 g/mol. The van der Waals surface area contributed by atoms with Gasteiger partial charge in [0.15, 0.2) is 5.65 Å². The Morgan fingerprint density at radius 2 is 2.33 bits per heavy atom. The molecular formula is C16H23N5O3. The number of carbonyl (C=O) groups excluding carboxylic acids is 1. The van der Waals surface area contributed by atoms with Crippen LogP contribution >= 0.6 is 0 Å². The Morgan fingerprint density at radius 3 is 3.04 bits per heavy atom. The van der Waals surface area contributed by atoms with Crippen molar-refractivity contribution in [2.24, 2.45) is 13.0 Å². The first kappa shape index (κ1) is 16.6. The van der Waals surface area contributed by atoms with Crippen LogP contribution in [-0.2, 0) is 23.1 Å². The van der Waals surface area contributed by atoms with E-state index in [1.54, 1.807) is 11.7 Å². The van der Waals surface area contributed by atoms with Gasteiger partial charge in [0.1, 0.15) is 5.39 Å². The fourth-order valence-electron chi connectivity index (χ4n) is 3.05. The summed E-state index contributed by atoms with van der Waals surface area (Å²) in [5, 5.41) is 4.52. The van der Waals surface area contributed by atoms with Crippen LogP contribution in [0.2, 0.25) is 0 Å². The Hall–Kier alpha value is -2.22. The molecule has 1 aliphatic heterocycles. The highest BCUT2D eigenvalue weighted by Gasteiger charge is 2.21. The fraction of sp³-hybridized carbons (Fsp3) is 0.625. The van der Waals surface area contributed by atoms with E-state index in [-0.39, 0.29) is 17.9 Å². The minimum absolute atomic E-state index is 0.0579. The number of aromatic nitrogens is 4. The molecule has 1 amide bonds. The lowest BCUT2D eigenvalue weighted by molar-refractivity contribution is -0.131. The van der Waals surface area contributed by atoms with E-state index in [9.17, 15) is 9.59 Å². The second-order valence-corrected chi connectivity index (χ2v) is 6.16. The molecule has 24 heavy (non-hydrogen) atoms. The van der Waals surface area contributed by atoms with Gasteiger partial charge in [-0.25, -0.2) is 4.98 Å². The van der Waals surface area contributed by atoms with Gasteiger partial charge in [0, 0.05) is 45.6 Å². The Labute approximate surface area is 140 Å². The third-order valence-corrected chi connectivity index (χ3v) is 4.52. The molecule has 0 radical (unpaired) electrons. The number of nitrogens with zero attached hydrogens (tertiary/aromatic N) is 5. The second kappa shape index (κ2) is 7.12. The topological polar surface area (TPSA) is 82.2 Å². The van der Waals surface area contributed by atoms with Gasteiger partial charge in [0.25, 0.3) is 5.56 Å². The molecule has 3 heterocycles. The maximum atomic E-state index is 12.4. The van der Waals surface area contributed by atoms with E-state index in [2.05, 4.69) is 10.1 Å². The van der Waals surface area contributed by atoms with Gasteiger partial charge in [-0.2, -0.15) is 5.10 Å². The van der Waals surface area contributed by atoms with E-state index >= 15 is 0 Å². The Morgan fingerprint density at radius 1 is 1.50 bits per heavy atom. The summed E-state index contributed by atoms with van der Waals surface area (Å²) in [6, 6.07) is 0. The average molecular weight is 333 g/mol. The van der Waals surface area contributed by atoms with Crippen molar-refractivity contribution in [3.05, 3.63) is 22.9 Å². The number of hydrogen-bond donors (Lipinski definition) is 0. The summed E-state index contributed by atoms with van der Waals surface area (Å²) < 4.78 is 8.42. The van der Waals surface area contributed by atoms with Crippen molar-refractivity contribution < 1.29 is 9.53 Å². The molecule has 2 aromatic heterocycles. The van der Waals surface area contributed by atoms with E-state index < -0.39 is 0 Å². The average Bonchev–Trinajstić information content (AvgIpc) is 3.22. The van der Waals surface area contributed by atoms with E-state index in [1.807, 2.05) is 11.8 Å². The van der Waals surface area contributed by atoms with Crippen LogP contribution in [0.1, 0.15) is 19.8 Å². The highest BCUT2D eigenvalue weighted by atomic mass is 16.5. The first-order valence-electron chi connectivity index (χ1n) is 8.32. The number of aryl methyl sites for hydroxylation is 2. The molecule has 0 bridgehead atoms. The molecule has 130 valence electrons. The highest BCUT2D eigenvalue weighted by Crippen LogP contribution is 2.14. The normalized spacial score (nSPS) is 17.5. The number of fused-ring (bicyclic) bond motifs is 1. The largest absolute Gasteiger partial charge is 0.381 e. The summed E-state index contributed by atoms with van der Waals surface area (Å²) in [6.07, 6.45) is 4.29. The van der Waals surface area contributed by atoms with Crippen molar-refractivity contribution in [3.63, 3.8) is 0 Å². The minimum atomic E-state index is -0.159. The number of rotatable bonds is 6. The zero-order valence-electron chi connectivity index (χ0n) is 14.1. The smallest absolute Gasteiger partial charge is 0.264 e. The van der Waals surface area contributed by atoms with Gasteiger partial charge < -0.3 is 9.64 Å². The van der Waals surface area contributed by atoms with E-state index in [1.165, 1.54) is 17.1 Å². The van der Waals surface area contributed by atoms with Gasteiger partial charge in [0.2, 0.25) is 5.91 Å². The molecule has 0 spiro atoms. The molecule has 3 rings (SSSR count). The Kier molecular flexibility index (Phi) is 4.94. The van der Waals surface area contributed by atoms with Crippen LogP contribution < -0.4 is 5.56 Å². The molecule has 1 saturated heterocycles. The number of ether oxygens (including phenoxy) is 1. The first-order valence-corrected chi connectivity index (χ1v) is 8.32. The van der Waals surface area contributed by atoms with Crippen molar-refractivity contribution in [3.8, 4) is 0 Å². The molecule has 0 aliphatic carbocycles. The molecule has 1 fully saturated rings. The molecule has 8 heteroatoms. The van der Waals surface area contributed by atoms with Crippen LogP contribution in [0.15, 0.2) is 17.3 Å². The lowest BCUT2D eigenvalue weighted by atomic mass is 10.1. The second-order valence-electron chi connectivity index (χ2n) is 6.16. The van der Waals surface area contributed by atoms with Crippen LogP contribution in [0.25, 0.3) is 11.0 Å². The Bertz CT molecular complexity index is 776. The highest BCUT2D eigenvalue weighted by molar-refractivity contribution is 5.76. The zero-order valence-corrected chi connectivity index (χ0v) is 14.1. The third kappa shape index (κ3) is 3.33. The van der Waals surface area contributed by atoms with Gasteiger partial charge in [-0.05, 0) is 13.3 Å². The van der Waals surface area contributed by atoms with Crippen LogP contribution in [0.4, 0.5) is 0 Å². The summed E-state index contributed by atoms with van der Waals surface area (Å²) in [4.78, 5) is 30.9. The Balaban J connectivity index is 1.64. The quantitative estimate of drug-likeness (QED) is 0.764. The molecule has 2 aromatic rings. The summed E-state index contributed by atoms with van der Waals surface area (Å²) >= 11 is 0. The van der Waals surface area contributed by atoms with E-state index in [0.29, 0.717) is 30.0 Å².